The van der Waals surface area contributed by atoms with Gasteiger partial charge in [0, 0.05) is 55.3 Å². The maximum absolute atomic E-state index is 14.8. The molecule has 1 fully saturated rings. The predicted octanol–water partition coefficient (Wildman–Crippen LogP) is 3.91. The van der Waals surface area contributed by atoms with E-state index in [-0.39, 0.29) is 18.5 Å². The number of amides is 3. The third-order valence-electron chi connectivity index (χ3n) is 6.54. The van der Waals surface area contributed by atoms with Gasteiger partial charge in [0.2, 0.25) is 0 Å². The van der Waals surface area contributed by atoms with E-state index in [1.54, 1.807) is 24.3 Å². The minimum Gasteiger partial charge on any atom is -0.379 e. The Morgan fingerprint density at radius 3 is 2.62 bits per heavy atom. The highest BCUT2D eigenvalue weighted by atomic mass is 35.5. The number of nitrogens with zero attached hydrogens (tertiary/aromatic N) is 4. The number of carbonyl (C=O) groups excluding carboxylic acids is 2. The SMILES string of the molecule is CCCNC(=O)N(CCN1CCOCC1)CC(=O)N1N=C(c2ccccc2Cl)C[C@H]1c1ccccc1F. The second-order valence-electron chi connectivity index (χ2n) is 9.11. The molecule has 8 nitrogen and oxygen atoms in total. The molecule has 0 unspecified atom stereocenters. The standard InChI is InChI=1S/C27H33ClFN5O3/c1-2-11-30-27(36)33(13-12-32-14-16-37-17-15-32)19-26(35)34-25(21-8-4-6-10-23(21)29)18-24(31-34)20-7-3-5-9-22(20)28/h3-10,25H,2,11-19H2,1H3,(H,30,36)/t25-/m0/s1. The zero-order valence-corrected chi connectivity index (χ0v) is 21.8. The molecule has 2 aromatic rings. The van der Waals surface area contributed by atoms with Gasteiger partial charge in [0.05, 0.1) is 25.0 Å². The Morgan fingerprint density at radius 2 is 1.89 bits per heavy atom. The summed E-state index contributed by atoms with van der Waals surface area (Å²) in [6, 6.07) is 12.7. The van der Waals surface area contributed by atoms with Gasteiger partial charge < -0.3 is 15.0 Å². The molecule has 0 bridgehead atoms. The van der Waals surface area contributed by atoms with Crippen LogP contribution in [0.15, 0.2) is 53.6 Å². The molecule has 1 atom stereocenters. The lowest BCUT2D eigenvalue weighted by molar-refractivity contribution is -0.133. The summed E-state index contributed by atoms with van der Waals surface area (Å²) in [7, 11) is 0. The van der Waals surface area contributed by atoms with Crippen LogP contribution in [0.3, 0.4) is 0 Å². The van der Waals surface area contributed by atoms with Crippen LogP contribution in [0, 0.1) is 5.82 Å². The molecular formula is C27H33ClFN5O3. The lowest BCUT2D eigenvalue weighted by Crippen LogP contribution is -2.49. The van der Waals surface area contributed by atoms with Crippen molar-refractivity contribution in [1.29, 1.82) is 0 Å². The Bertz CT molecular complexity index is 1120. The zero-order valence-electron chi connectivity index (χ0n) is 21.0. The third-order valence-corrected chi connectivity index (χ3v) is 6.87. The van der Waals surface area contributed by atoms with Crippen molar-refractivity contribution in [1.82, 2.24) is 20.1 Å². The first-order valence-corrected chi connectivity index (χ1v) is 13.1. The lowest BCUT2D eigenvalue weighted by Gasteiger charge is -2.31. The lowest BCUT2D eigenvalue weighted by atomic mass is 9.98. The van der Waals surface area contributed by atoms with Crippen molar-refractivity contribution in [2.75, 3.05) is 52.5 Å². The molecular weight excluding hydrogens is 497 g/mol. The average Bonchev–Trinajstić information content (AvgIpc) is 3.35. The first-order valence-electron chi connectivity index (χ1n) is 12.7. The predicted molar refractivity (Wildman–Crippen MR) is 141 cm³/mol. The summed E-state index contributed by atoms with van der Waals surface area (Å²) < 4.78 is 20.2. The Hall–Kier alpha value is -3.01. The zero-order chi connectivity index (χ0) is 26.2. The Labute approximate surface area is 222 Å². The molecule has 0 saturated carbocycles. The van der Waals surface area contributed by atoms with Crippen LogP contribution < -0.4 is 5.32 Å². The number of halogens is 2. The van der Waals surface area contributed by atoms with E-state index < -0.39 is 11.9 Å². The number of urea groups is 1. The molecule has 37 heavy (non-hydrogen) atoms. The van der Waals surface area contributed by atoms with Crippen molar-refractivity contribution in [3.05, 3.63) is 70.5 Å². The molecule has 4 rings (SSSR count). The molecule has 0 aromatic heterocycles. The number of benzene rings is 2. The average molecular weight is 530 g/mol. The van der Waals surface area contributed by atoms with Gasteiger partial charge >= 0.3 is 6.03 Å². The van der Waals surface area contributed by atoms with E-state index in [0.29, 0.717) is 61.1 Å². The number of ether oxygens (including phenoxy) is 1. The smallest absolute Gasteiger partial charge is 0.317 e. The van der Waals surface area contributed by atoms with Gasteiger partial charge in [-0.2, -0.15) is 5.10 Å². The Balaban J connectivity index is 1.57. The van der Waals surface area contributed by atoms with Gasteiger partial charge in [0.15, 0.2) is 0 Å². The second-order valence-corrected chi connectivity index (χ2v) is 9.52. The van der Waals surface area contributed by atoms with E-state index in [4.69, 9.17) is 16.3 Å². The molecule has 2 aliphatic heterocycles. The number of nitrogens with one attached hydrogen (secondary N) is 1. The second kappa shape index (κ2) is 13.0. The van der Waals surface area contributed by atoms with Crippen LogP contribution in [0.25, 0.3) is 0 Å². The van der Waals surface area contributed by atoms with Gasteiger partial charge in [0.1, 0.15) is 12.4 Å². The summed E-state index contributed by atoms with van der Waals surface area (Å²) in [6.07, 6.45) is 1.09. The number of hydrogen-bond donors (Lipinski definition) is 1. The minimum atomic E-state index is -0.639. The highest BCUT2D eigenvalue weighted by Crippen LogP contribution is 2.35. The summed E-state index contributed by atoms with van der Waals surface area (Å²) >= 11 is 6.41. The number of hydrazone groups is 1. The summed E-state index contributed by atoms with van der Waals surface area (Å²) in [5.74, 6) is -0.797. The summed E-state index contributed by atoms with van der Waals surface area (Å²) in [5, 5.41) is 9.30. The molecule has 0 spiro atoms. The van der Waals surface area contributed by atoms with Crippen molar-refractivity contribution in [2.45, 2.75) is 25.8 Å². The molecule has 2 aromatic carbocycles. The van der Waals surface area contributed by atoms with Gasteiger partial charge in [-0.15, -0.1) is 0 Å². The fourth-order valence-corrected chi connectivity index (χ4v) is 4.75. The van der Waals surface area contributed by atoms with Crippen LogP contribution in [0.5, 0.6) is 0 Å². The molecule has 10 heteroatoms. The highest BCUT2D eigenvalue weighted by Gasteiger charge is 2.36. The number of morpholine rings is 1. The van der Waals surface area contributed by atoms with Crippen molar-refractivity contribution in [2.24, 2.45) is 5.10 Å². The first kappa shape index (κ1) is 27.0. The minimum absolute atomic E-state index is 0.176. The van der Waals surface area contributed by atoms with E-state index in [1.807, 2.05) is 25.1 Å². The normalized spacial score (nSPS) is 18.0. The van der Waals surface area contributed by atoms with Crippen molar-refractivity contribution in [3.8, 4) is 0 Å². The molecule has 3 amide bonds. The third kappa shape index (κ3) is 6.85. The van der Waals surface area contributed by atoms with Crippen LogP contribution in [0.2, 0.25) is 5.02 Å². The van der Waals surface area contributed by atoms with E-state index >= 15 is 0 Å². The van der Waals surface area contributed by atoms with Crippen LogP contribution in [0.1, 0.15) is 36.9 Å². The molecule has 1 N–H and O–H groups in total. The quantitative estimate of drug-likeness (QED) is 0.534. The highest BCUT2D eigenvalue weighted by molar-refractivity contribution is 6.34. The first-order chi connectivity index (χ1) is 18.0. The molecule has 0 aliphatic carbocycles. The molecule has 1 saturated heterocycles. The van der Waals surface area contributed by atoms with E-state index in [2.05, 4.69) is 15.3 Å². The molecule has 2 heterocycles. The maximum Gasteiger partial charge on any atom is 0.317 e. The van der Waals surface area contributed by atoms with Gasteiger partial charge in [0.25, 0.3) is 5.91 Å². The largest absolute Gasteiger partial charge is 0.379 e. The van der Waals surface area contributed by atoms with Gasteiger partial charge in [-0.1, -0.05) is 54.9 Å². The maximum atomic E-state index is 14.8. The monoisotopic (exact) mass is 529 g/mol. The van der Waals surface area contributed by atoms with E-state index in [9.17, 15) is 14.0 Å². The van der Waals surface area contributed by atoms with Crippen LogP contribution in [-0.2, 0) is 9.53 Å². The summed E-state index contributed by atoms with van der Waals surface area (Å²) in [5.41, 5.74) is 1.67. The summed E-state index contributed by atoms with van der Waals surface area (Å²) in [6.45, 7) is 6.18. The van der Waals surface area contributed by atoms with Gasteiger partial charge in [-0.3, -0.25) is 9.69 Å². The molecule has 198 valence electrons. The van der Waals surface area contributed by atoms with Crippen molar-refractivity contribution in [3.63, 3.8) is 0 Å². The van der Waals surface area contributed by atoms with Gasteiger partial charge in [-0.25, -0.2) is 14.2 Å². The number of rotatable bonds is 9. The van der Waals surface area contributed by atoms with E-state index in [0.717, 1.165) is 19.5 Å². The summed E-state index contributed by atoms with van der Waals surface area (Å²) in [4.78, 5) is 30.3. The Morgan fingerprint density at radius 1 is 1.16 bits per heavy atom. The molecule has 0 radical (unpaired) electrons. The Kier molecular flexibility index (Phi) is 9.49. The number of carbonyl (C=O) groups is 2. The topological polar surface area (TPSA) is 77.5 Å². The van der Waals surface area contributed by atoms with Crippen LogP contribution in [0.4, 0.5) is 9.18 Å². The van der Waals surface area contributed by atoms with Crippen molar-refractivity contribution >= 4 is 29.3 Å². The van der Waals surface area contributed by atoms with Crippen LogP contribution in [-0.4, -0.2) is 84.9 Å². The van der Waals surface area contributed by atoms with E-state index in [1.165, 1.54) is 16.0 Å². The molecule has 2 aliphatic rings. The van der Waals surface area contributed by atoms with Crippen LogP contribution >= 0.6 is 11.6 Å². The number of hydrogen-bond acceptors (Lipinski definition) is 5. The fourth-order valence-electron chi connectivity index (χ4n) is 4.50. The fraction of sp³-hybridized carbons (Fsp3) is 0.444. The van der Waals surface area contributed by atoms with Crippen molar-refractivity contribution < 1.29 is 18.7 Å². The van der Waals surface area contributed by atoms with Gasteiger partial charge in [-0.05, 0) is 18.6 Å².